The van der Waals surface area contributed by atoms with Gasteiger partial charge < -0.3 is 10.4 Å². The molecular formula is C10H9Cl2NO2. The second kappa shape index (κ2) is 5.05. The zero-order valence-corrected chi connectivity index (χ0v) is 9.43. The quantitative estimate of drug-likeness (QED) is 0.805. The molecule has 1 aromatic rings. The Morgan fingerprint density at radius 3 is 2.60 bits per heavy atom. The summed E-state index contributed by atoms with van der Waals surface area (Å²) >= 11 is 11.9. The molecule has 1 aromatic carbocycles. The molecule has 0 fully saturated rings. The van der Waals surface area contributed by atoms with Crippen molar-refractivity contribution in [3.8, 4) is 0 Å². The van der Waals surface area contributed by atoms with Crippen molar-refractivity contribution in [1.29, 1.82) is 0 Å². The minimum Gasteiger partial charge on any atom is -0.478 e. The van der Waals surface area contributed by atoms with E-state index >= 15 is 0 Å². The van der Waals surface area contributed by atoms with Crippen LogP contribution in [0.1, 0.15) is 5.56 Å². The summed E-state index contributed by atoms with van der Waals surface area (Å²) in [6.45, 7) is 0. The molecule has 0 aliphatic heterocycles. The molecule has 80 valence electrons. The number of carboxylic acid groups (broad SMARTS) is 1. The van der Waals surface area contributed by atoms with Crippen LogP contribution in [-0.4, -0.2) is 18.1 Å². The lowest BCUT2D eigenvalue weighted by molar-refractivity contribution is -0.131. The zero-order valence-electron chi connectivity index (χ0n) is 7.92. The summed E-state index contributed by atoms with van der Waals surface area (Å²) in [5, 5.41) is 12.0. The lowest BCUT2D eigenvalue weighted by Crippen LogP contribution is -1.91. The summed E-state index contributed by atoms with van der Waals surface area (Å²) < 4.78 is 0. The molecule has 0 unspecified atom stereocenters. The third-order valence-corrected chi connectivity index (χ3v) is 2.68. The molecule has 0 heterocycles. The molecule has 0 aliphatic carbocycles. The van der Waals surface area contributed by atoms with Gasteiger partial charge in [0.25, 0.3) is 0 Å². The molecule has 5 heteroatoms. The molecule has 0 atom stereocenters. The van der Waals surface area contributed by atoms with Crippen LogP contribution in [0.15, 0.2) is 18.2 Å². The molecule has 1 rings (SSSR count). The predicted octanol–water partition coefficient (Wildman–Crippen LogP) is 3.13. The van der Waals surface area contributed by atoms with Gasteiger partial charge in [-0.1, -0.05) is 29.3 Å². The number of rotatable bonds is 3. The Bertz CT molecular complexity index is 416. The Kier molecular flexibility index (Phi) is 4.00. The molecule has 0 saturated carbocycles. The molecule has 0 saturated heterocycles. The smallest absolute Gasteiger partial charge is 0.328 e. The minimum absolute atomic E-state index is 0.334. The SMILES string of the molecule is CNc1ccc(/C=C/C(=O)O)c(Cl)c1Cl. The van der Waals surface area contributed by atoms with Crippen molar-refractivity contribution in [2.75, 3.05) is 12.4 Å². The highest BCUT2D eigenvalue weighted by Gasteiger charge is 2.06. The van der Waals surface area contributed by atoms with Crippen LogP contribution in [0.2, 0.25) is 10.0 Å². The van der Waals surface area contributed by atoms with Gasteiger partial charge in [0.15, 0.2) is 0 Å². The van der Waals surface area contributed by atoms with Gasteiger partial charge in [-0.25, -0.2) is 4.79 Å². The van der Waals surface area contributed by atoms with E-state index in [0.29, 0.717) is 21.3 Å². The summed E-state index contributed by atoms with van der Waals surface area (Å²) in [4.78, 5) is 10.3. The van der Waals surface area contributed by atoms with Crippen molar-refractivity contribution >= 4 is 40.9 Å². The number of hydrogen-bond acceptors (Lipinski definition) is 2. The van der Waals surface area contributed by atoms with Crippen LogP contribution in [0.25, 0.3) is 6.08 Å². The van der Waals surface area contributed by atoms with Crippen LogP contribution in [0.4, 0.5) is 5.69 Å². The van der Waals surface area contributed by atoms with Crippen LogP contribution >= 0.6 is 23.2 Å². The zero-order chi connectivity index (χ0) is 11.4. The number of halogens is 2. The van der Waals surface area contributed by atoms with Crippen LogP contribution in [0.5, 0.6) is 0 Å². The van der Waals surface area contributed by atoms with Gasteiger partial charge in [0.05, 0.1) is 15.7 Å². The number of hydrogen-bond donors (Lipinski definition) is 2. The van der Waals surface area contributed by atoms with E-state index in [-0.39, 0.29) is 0 Å². The van der Waals surface area contributed by atoms with E-state index in [1.54, 1.807) is 19.2 Å². The Balaban J connectivity index is 3.12. The molecule has 0 aromatic heterocycles. The standard InChI is InChI=1S/C10H9Cl2NO2/c1-13-7-4-2-6(3-5-8(14)15)9(11)10(7)12/h2-5,13H,1H3,(H,14,15)/b5-3+. The monoisotopic (exact) mass is 245 g/mol. The average molecular weight is 246 g/mol. The maximum Gasteiger partial charge on any atom is 0.328 e. The van der Waals surface area contributed by atoms with E-state index in [2.05, 4.69) is 5.32 Å². The van der Waals surface area contributed by atoms with Crippen molar-refractivity contribution in [2.45, 2.75) is 0 Å². The summed E-state index contributed by atoms with van der Waals surface area (Å²) in [5.74, 6) is -1.03. The highest BCUT2D eigenvalue weighted by Crippen LogP contribution is 2.33. The van der Waals surface area contributed by atoms with Crippen LogP contribution in [0, 0.1) is 0 Å². The maximum absolute atomic E-state index is 10.3. The van der Waals surface area contributed by atoms with E-state index in [4.69, 9.17) is 28.3 Å². The van der Waals surface area contributed by atoms with Gasteiger partial charge in [0.2, 0.25) is 0 Å². The first-order valence-corrected chi connectivity index (χ1v) is 4.88. The first-order valence-electron chi connectivity index (χ1n) is 4.13. The van der Waals surface area contributed by atoms with Crippen molar-refractivity contribution in [3.63, 3.8) is 0 Å². The summed E-state index contributed by atoms with van der Waals surface area (Å²) in [6, 6.07) is 3.43. The molecule has 0 aliphatic rings. The predicted molar refractivity (Wildman–Crippen MR) is 62.7 cm³/mol. The van der Waals surface area contributed by atoms with Gasteiger partial charge in [0.1, 0.15) is 0 Å². The lowest BCUT2D eigenvalue weighted by Gasteiger charge is -2.06. The van der Waals surface area contributed by atoms with Gasteiger partial charge in [-0.2, -0.15) is 0 Å². The fourth-order valence-electron chi connectivity index (χ4n) is 1.05. The second-order valence-corrected chi connectivity index (χ2v) is 3.51. The Labute approximate surface area is 97.3 Å². The Morgan fingerprint density at radius 2 is 2.07 bits per heavy atom. The molecule has 2 N–H and O–H groups in total. The number of carboxylic acids is 1. The van der Waals surface area contributed by atoms with Gasteiger partial charge >= 0.3 is 5.97 Å². The van der Waals surface area contributed by atoms with Gasteiger partial charge in [-0.15, -0.1) is 0 Å². The lowest BCUT2D eigenvalue weighted by atomic mass is 10.2. The number of carbonyl (C=O) groups is 1. The van der Waals surface area contributed by atoms with Gasteiger partial charge in [-0.3, -0.25) is 0 Å². The Morgan fingerprint density at radius 1 is 1.40 bits per heavy atom. The normalized spacial score (nSPS) is 10.6. The van der Waals surface area contributed by atoms with E-state index in [1.807, 2.05) is 0 Å². The van der Waals surface area contributed by atoms with Gasteiger partial charge in [0, 0.05) is 13.1 Å². The maximum atomic E-state index is 10.3. The summed E-state index contributed by atoms with van der Waals surface area (Å²) in [5.41, 5.74) is 1.28. The molecule has 3 nitrogen and oxygen atoms in total. The molecule has 0 radical (unpaired) electrons. The van der Waals surface area contributed by atoms with E-state index in [1.165, 1.54) is 6.08 Å². The summed E-state index contributed by atoms with van der Waals surface area (Å²) in [6.07, 6.45) is 2.41. The van der Waals surface area contributed by atoms with Crippen LogP contribution in [0.3, 0.4) is 0 Å². The van der Waals surface area contributed by atoms with Crippen LogP contribution < -0.4 is 5.32 Å². The second-order valence-electron chi connectivity index (χ2n) is 2.75. The first-order chi connectivity index (χ1) is 7.06. The van der Waals surface area contributed by atoms with E-state index in [9.17, 15) is 4.79 Å². The first kappa shape index (κ1) is 11.9. The number of nitrogens with one attached hydrogen (secondary N) is 1. The average Bonchev–Trinajstić information content (AvgIpc) is 2.20. The highest BCUT2D eigenvalue weighted by atomic mass is 35.5. The fourth-order valence-corrected chi connectivity index (χ4v) is 1.54. The number of aliphatic carboxylic acids is 1. The van der Waals surface area contributed by atoms with Crippen molar-refractivity contribution in [1.82, 2.24) is 0 Å². The van der Waals surface area contributed by atoms with Crippen molar-refractivity contribution in [2.24, 2.45) is 0 Å². The number of anilines is 1. The third kappa shape index (κ3) is 2.88. The van der Waals surface area contributed by atoms with E-state index in [0.717, 1.165) is 6.08 Å². The third-order valence-electron chi connectivity index (χ3n) is 1.79. The molecule has 0 bridgehead atoms. The fraction of sp³-hybridized carbons (Fsp3) is 0.100. The summed E-state index contributed by atoms with van der Waals surface area (Å²) in [7, 11) is 1.73. The minimum atomic E-state index is -1.03. The molecule has 0 amide bonds. The largest absolute Gasteiger partial charge is 0.478 e. The van der Waals surface area contributed by atoms with E-state index < -0.39 is 5.97 Å². The Hall–Kier alpha value is -1.19. The van der Waals surface area contributed by atoms with Gasteiger partial charge in [-0.05, 0) is 17.7 Å². The highest BCUT2D eigenvalue weighted by molar-refractivity contribution is 6.44. The molecule has 0 spiro atoms. The molecular weight excluding hydrogens is 237 g/mol. The topological polar surface area (TPSA) is 49.3 Å². The molecule has 15 heavy (non-hydrogen) atoms. The number of benzene rings is 1. The van der Waals surface area contributed by atoms with Crippen molar-refractivity contribution in [3.05, 3.63) is 33.8 Å². The van der Waals surface area contributed by atoms with Crippen molar-refractivity contribution < 1.29 is 9.90 Å². The van der Waals surface area contributed by atoms with Crippen LogP contribution in [-0.2, 0) is 4.79 Å².